The highest BCUT2D eigenvalue weighted by Crippen LogP contribution is 2.07. The van der Waals surface area contributed by atoms with Crippen LogP contribution >= 0.6 is 15.9 Å². The number of nitrogens with one attached hydrogen (secondary N) is 1. The molecule has 16 heavy (non-hydrogen) atoms. The summed E-state index contributed by atoms with van der Waals surface area (Å²) in [5, 5.41) is 2.78. The van der Waals surface area contributed by atoms with Gasteiger partial charge in [0.1, 0.15) is 4.60 Å². The van der Waals surface area contributed by atoms with Gasteiger partial charge in [0.25, 0.3) is 5.91 Å². The molecule has 0 aliphatic heterocycles. The summed E-state index contributed by atoms with van der Waals surface area (Å²) in [6.45, 7) is 4.56. The van der Waals surface area contributed by atoms with Crippen molar-refractivity contribution in [2.24, 2.45) is 0 Å². The second-order valence-corrected chi connectivity index (χ2v) is 3.83. The standard InChI is InChI=1S/C11H13BrN2O2/c1-2-16-7-3-5-14-11(15)9-4-6-13-10(12)8-9/h2,4,6,8H,1,3,5,7H2,(H,14,15). The van der Waals surface area contributed by atoms with Crippen molar-refractivity contribution in [2.75, 3.05) is 13.2 Å². The van der Waals surface area contributed by atoms with Crippen LogP contribution in [0.15, 0.2) is 35.8 Å². The topological polar surface area (TPSA) is 51.2 Å². The van der Waals surface area contributed by atoms with E-state index >= 15 is 0 Å². The Hall–Kier alpha value is -1.36. The Balaban J connectivity index is 2.32. The van der Waals surface area contributed by atoms with Crippen molar-refractivity contribution in [3.05, 3.63) is 41.3 Å². The quantitative estimate of drug-likeness (QED) is 0.495. The fourth-order valence-electron chi connectivity index (χ4n) is 1.09. The highest BCUT2D eigenvalue weighted by molar-refractivity contribution is 9.10. The molecule has 0 saturated heterocycles. The number of nitrogens with zero attached hydrogens (tertiary/aromatic N) is 1. The van der Waals surface area contributed by atoms with Crippen LogP contribution in [-0.2, 0) is 4.74 Å². The molecule has 1 N–H and O–H groups in total. The number of halogens is 1. The van der Waals surface area contributed by atoms with E-state index in [4.69, 9.17) is 4.74 Å². The van der Waals surface area contributed by atoms with Crippen LogP contribution in [0.4, 0.5) is 0 Å². The van der Waals surface area contributed by atoms with E-state index < -0.39 is 0 Å². The van der Waals surface area contributed by atoms with Crippen molar-refractivity contribution < 1.29 is 9.53 Å². The zero-order valence-corrected chi connectivity index (χ0v) is 10.4. The van der Waals surface area contributed by atoms with Gasteiger partial charge in [-0.25, -0.2) is 4.98 Å². The number of aromatic nitrogens is 1. The summed E-state index contributed by atoms with van der Waals surface area (Å²) in [6, 6.07) is 3.34. The van der Waals surface area contributed by atoms with Gasteiger partial charge in [0.15, 0.2) is 0 Å². The fraction of sp³-hybridized carbons (Fsp3) is 0.273. The lowest BCUT2D eigenvalue weighted by atomic mass is 10.2. The molecule has 1 aromatic heterocycles. The molecule has 0 radical (unpaired) electrons. The van der Waals surface area contributed by atoms with Crippen LogP contribution in [0.2, 0.25) is 0 Å². The second kappa shape index (κ2) is 7.00. The van der Waals surface area contributed by atoms with Crippen molar-refractivity contribution in [3.63, 3.8) is 0 Å². The van der Waals surface area contributed by atoms with Crippen LogP contribution in [0.25, 0.3) is 0 Å². The number of ether oxygens (including phenoxy) is 1. The fourth-order valence-corrected chi connectivity index (χ4v) is 1.45. The maximum Gasteiger partial charge on any atom is 0.251 e. The van der Waals surface area contributed by atoms with Gasteiger partial charge in [-0.1, -0.05) is 6.58 Å². The maximum atomic E-state index is 11.6. The number of rotatable bonds is 6. The Morgan fingerprint density at radius 3 is 3.19 bits per heavy atom. The molecule has 0 aromatic carbocycles. The Kier molecular flexibility index (Phi) is 5.56. The number of pyridine rings is 1. The van der Waals surface area contributed by atoms with Crippen LogP contribution < -0.4 is 5.32 Å². The Labute approximate surface area is 103 Å². The smallest absolute Gasteiger partial charge is 0.251 e. The summed E-state index contributed by atoms with van der Waals surface area (Å²) in [5.74, 6) is -0.110. The van der Waals surface area contributed by atoms with Crippen LogP contribution in [-0.4, -0.2) is 24.0 Å². The van der Waals surface area contributed by atoms with E-state index in [0.29, 0.717) is 23.3 Å². The minimum Gasteiger partial charge on any atom is -0.502 e. The summed E-state index contributed by atoms with van der Waals surface area (Å²) in [6.07, 6.45) is 3.73. The van der Waals surface area contributed by atoms with Gasteiger partial charge in [-0.2, -0.15) is 0 Å². The van der Waals surface area contributed by atoms with Crippen LogP contribution in [0.1, 0.15) is 16.8 Å². The number of carbonyl (C=O) groups is 1. The molecular formula is C11H13BrN2O2. The Bertz CT molecular complexity index is 369. The van der Waals surface area contributed by atoms with Crippen LogP contribution in [0, 0.1) is 0 Å². The first-order valence-corrected chi connectivity index (χ1v) is 5.65. The van der Waals surface area contributed by atoms with Gasteiger partial charge in [0.05, 0.1) is 12.9 Å². The third-order valence-electron chi connectivity index (χ3n) is 1.83. The molecule has 0 aliphatic carbocycles. The first kappa shape index (κ1) is 12.7. The monoisotopic (exact) mass is 284 g/mol. The molecule has 0 unspecified atom stereocenters. The minimum absolute atomic E-state index is 0.110. The highest BCUT2D eigenvalue weighted by atomic mass is 79.9. The molecule has 86 valence electrons. The third-order valence-corrected chi connectivity index (χ3v) is 2.26. The molecule has 0 bridgehead atoms. The van der Waals surface area contributed by atoms with Gasteiger partial charge in [0.2, 0.25) is 0 Å². The largest absolute Gasteiger partial charge is 0.502 e. The first-order chi connectivity index (χ1) is 7.74. The molecular weight excluding hydrogens is 272 g/mol. The van der Waals surface area contributed by atoms with Gasteiger partial charge in [-0.05, 0) is 34.5 Å². The molecule has 1 aromatic rings. The number of hydrogen-bond donors (Lipinski definition) is 1. The lowest BCUT2D eigenvalue weighted by Crippen LogP contribution is -2.25. The number of carbonyl (C=O) groups excluding carboxylic acids is 1. The summed E-state index contributed by atoms with van der Waals surface area (Å²) >= 11 is 3.21. The van der Waals surface area contributed by atoms with Crippen LogP contribution in [0.5, 0.6) is 0 Å². The predicted octanol–water partition coefficient (Wildman–Crippen LogP) is 2.12. The molecule has 1 amide bonds. The summed E-state index contributed by atoms with van der Waals surface area (Å²) in [7, 11) is 0. The van der Waals surface area contributed by atoms with Gasteiger partial charge in [-0.3, -0.25) is 4.79 Å². The lowest BCUT2D eigenvalue weighted by molar-refractivity contribution is 0.0950. The van der Waals surface area contributed by atoms with E-state index in [1.54, 1.807) is 18.3 Å². The summed E-state index contributed by atoms with van der Waals surface area (Å²) in [4.78, 5) is 15.6. The Morgan fingerprint density at radius 1 is 1.69 bits per heavy atom. The third kappa shape index (κ3) is 4.44. The van der Waals surface area contributed by atoms with Gasteiger partial charge in [0, 0.05) is 18.3 Å². The molecule has 0 fully saturated rings. The average Bonchev–Trinajstić information content (AvgIpc) is 2.28. The van der Waals surface area contributed by atoms with Crippen molar-refractivity contribution in [3.8, 4) is 0 Å². The molecule has 5 heteroatoms. The normalized spacial score (nSPS) is 9.56. The lowest BCUT2D eigenvalue weighted by Gasteiger charge is -2.05. The highest BCUT2D eigenvalue weighted by Gasteiger charge is 2.04. The van der Waals surface area contributed by atoms with E-state index in [9.17, 15) is 4.79 Å². The van der Waals surface area contributed by atoms with Crippen molar-refractivity contribution in [1.29, 1.82) is 0 Å². The van der Waals surface area contributed by atoms with Gasteiger partial charge < -0.3 is 10.1 Å². The van der Waals surface area contributed by atoms with Crippen LogP contribution in [0.3, 0.4) is 0 Å². The molecule has 1 rings (SSSR count). The number of hydrogen-bond acceptors (Lipinski definition) is 3. The Morgan fingerprint density at radius 2 is 2.50 bits per heavy atom. The van der Waals surface area contributed by atoms with Gasteiger partial charge >= 0.3 is 0 Å². The van der Waals surface area contributed by atoms with E-state index in [-0.39, 0.29) is 5.91 Å². The molecule has 0 aliphatic rings. The van der Waals surface area contributed by atoms with E-state index in [1.165, 1.54) is 6.26 Å². The predicted molar refractivity (Wildman–Crippen MR) is 65.0 cm³/mol. The zero-order chi connectivity index (χ0) is 11.8. The second-order valence-electron chi connectivity index (χ2n) is 3.01. The minimum atomic E-state index is -0.110. The van der Waals surface area contributed by atoms with E-state index in [1.807, 2.05) is 0 Å². The summed E-state index contributed by atoms with van der Waals surface area (Å²) in [5.41, 5.74) is 0.589. The van der Waals surface area contributed by atoms with Crippen molar-refractivity contribution >= 4 is 21.8 Å². The maximum absolute atomic E-state index is 11.6. The van der Waals surface area contributed by atoms with Gasteiger partial charge in [-0.15, -0.1) is 0 Å². The molecule has 0 saturated carbocycles. The molecule has 4 nitrogen and oxygen atoms in total. The van der Waals surface area contributed by atoms with E-state index in [2.05, 4.69) is 32.8 Å². The van der Waals surface area contributed by atoms with Crippen molar-refractivity contribution in [1.82, 2.24) is 10.3 Å². The molecule has 1 heterocycles. The van der Waals surface area contributed by atoms with Crippen molar-refractivity contribution in [2.45, 2.75) is 6.42 Å². The molecule has 0 atom stereocenters. The number of amides is 1. The SMILES string of the molecule is C=COCCCNC(=O)c1ccnc(Br)c1. The average molecular weight is 285 g/mol. The van der Waals surface area contributed by atoms with E-state index in [0.717, 1.165) is 6.42 Å². The first-order valence-electron chi connectivity index (χ1n) is 4.86. The summed E-state index contributed by atoms with van der Waals surface area (Å²) < 4.78 is 5.58. The molecule has 0 spiro atoms. The zero-order valence-electron chi connectivity index (χ0n) is 8.78.